The minimum Gasteiger partial charge on any atom is -0.387 e. The molecule has 0 saturated heterocycles. The monoisotopic (exact) mass is 315 g/mol. The van der Waals surface area contributed by atoms with Gasteiger partial charge in [-0.2, -0.15) is 0 Å². The van der Waals surface area contributed by atoms with E-state index < -0.39 is 0 Å². The number of carbonyl (C=O) groups is 1. The third kappa shape index (κ3) is 4.07. The number of halogens is 1. The zero-order chi connectivity index (χ0) is 13.5. The summed E-state index contributed by atoms with van der Waals surface area (Å²) in [7, 11) is 0. The van der Waals surface area contributed by atoms with Crippen LogP contribution in [-0.4, -0.2) is 5.78 Å². The minimum atomic E-state index is -0.0203. The Hall–Kier alpha value is -1.87. The summed E-state index contributed by atoms with van der Waals surface area (Å²) in [5.74, 6) is -0.0203. The standard InChI is InChI=1S/C16H14BrNO/c17-15-9-5-4-8-14(15)16(19)10-11-18-12-13-6-2-1-3-7-13/h1-11,18H,12H2. The number of ketones is 1. The molecule has 1 N–H and O–H groups in total. The number of benzene rings is 2. The quantitative estimate of drug-likeness (QED) is 0.669. The maximum Gasteiger partial charge on any atom is 0.188 e. The molecule has 0 bridgehead atoms. The summed E-state index contributed by atoms with van der Waals surface area (Å²) in [6.07, 6.45) is 3.23. The largest absolute Gasteiger partial charge is 0.387 e. The van der Waals surface area contributed by atoms with Gasteiger partial charge in [-0.25, -0.2) is 0 Å². The van der Waals surface area contributed by atoms with Crippen molar-refractivity contribution >= 4 is 21.7 Å². The molecule has 0 fully saturated rings. The van der Waals surface area contributed by atoms with Crippen molar-refractivity contribution in [3.05, 3.63) is 82.5 Å². The molecular formula is C16H14BrNO. The lowest BCUT2D eigenvalue weighted by Crippen LogP contribution is -2.05. The molecule has 0 atom stereocenters. The highest BCUT2D eigenvalue weighted by Gasteiger charge is 2.04. The molecule has 0 radical (unpaired) electrons. The summed E-state index contributed by atoms with van der Waals surface area (Å²) >= 11 is 3.37. The van der Waals surface area contributed by atoms with Gasteiger partial charge in [0.2, 0.25) is 0 Å². The number of hydrogen-bond acceptors (Lipinski definition) is 2. The fraction of sp³-hybridized carbons (Fsp3) is 0.0625. The van der Waals surface area contributed by atoms with Crippen LogP contribution in [0.15, 0.2) is 71.3 Å². The van der Waals surface area contributed by atoms with E-state index >= 15 is 0 Å². The molecule has 19 heavy (non-hydrogen) atoms. The lowest BCUT2D eigenvalue weighted by Gasteiger charge is -2.01. The first-order valence-corrected chi connectivity index (χ1v) is 6.79. The Balaban J connectivity index is 1.89. The summed E-state index contributed by atoms with van der Waals surface area (Å²) in [5.41, 5.74) is 1.85. The Labute approximate surface area is 121 Å². The van der Waals surface area contributed by atoms with Crippen molar-refractivity contribution < 1.29 is 4.79 Å². The van der Waals surface area contributed by atoms with Crippen molar-refractivity contribution in [3.8, 4) is 0 Å². The highest BCUT2D eigenvalue weighted by Crippen LogP contribution is 2.16. The molecule has 0 heterocycles. The van der Waals surface area contributed by atoms with Crippen molar-refractivity contribution in [2.45, 2.75) is 6.54 Å². The normalized spacial score (nSPS) is 10.6. The molecule has 96 valence electrons. The molecule has 0 saturated carbocycles. The number of carbonyl (C=O) groups excluding carboxylic acids is 1. The van der Waals surface area contributed by atoms with Crippen LogP contribution in [-0.2, 0) is 6.54 Å². The van der Waals surface area contributed by atoms with Crippen LogP contribution in [0.5, 0.6) is 0 Å². The lowest BCUT2D eigenvalue weighted by atomic mass is 10.1. The van der Waals surface area contributed by atoms with E-state index in [4.69, 9.17) is 0 Å². The van der Waals surface area contributed by atoms with E-state index in [1.165, 1.54) is 5.56 Å². The summed E-state index contributed by atoms with van der Waals surface area (Å²) in [4.78, 5) is 11.9. The van der Waals surface area contributed by atoms with E-state index in [-0.39, 0.29) is 5.78 Å². The van der Waals surface area contributed by atoms with E-state index in [1.54, 1.807) is 18.3 Å². The zero-order valence-electron chi connectivity index (χ0n) is 10.3. The molecule has 0 aliphatic rings. The molecule has 0 amide bonds. The average molecular weight is 316 g/mol. The molecule has 0 unspecified atom stereocenters. The van der Waals surface area contributed by atoms with Crippen LogP contribution < -0.4 is 5.32 Å². The number of hydrogen-bond donors (Lipinski definition) is 1. The van der Waals surface area contributed by atoms with Crippen LogP contribution in [0.2, 0.25) is 0 Å². The van der Waals surface area contributed by atoms with Gasteiger partial charge >= 0.3 is 0 Å². The number of allylic oxidation sites excluding steroid dienone is 1. The maximum atomic E-state index is 11.9. The molecule has 0 aliphatic carbocycles. The minimum absolute atomic E-state index is 0.0203. The number of rotatable bonds is 5. The summed E-state index contributed by atoms with van der Waals surface area (Å²) in [6, 6.07) is 17.4. The van der Waals surface area contributed by atoms with Gasteiger partial charge in [-0.3, -0.25) is 4.79 Å². The predicted octanol–water partition coefficient (Wildman–Crippen LogP) is 3.94. The van der Waals surface area contributed by atoms with Gasteiger partial charge in [-0.15, -0.1) is 0 Å². The molecule has 0 spiro atoms. The first-order chi connectivity index (χ1) is 9.27. The van der Waals surface area contributed by atoms with Gasteiger partial charge in [0.25, 0.3) is 0 Å². The second-order valence-corrected chi connectivity index (χ2v) is 4.90. The molecular weight excluding hydrogens is 302 g/mol. The van der Waals surface area contributed by atoms with Gasteiger partial charge in [0.1, 0.15) is 0 Å². The van der Waals surface area contributed by atoms with Crippen LogP contribution in [0.1, 0.15) is 15.9 Å². The molecule has 2 aromatic rings. The zero-order valence-corrected chi connectivity index (χ0v) is 11.9. The average Bonchev–Trinajstić information content (AvgIpc) is 2.45. The fourth-order valence-corrected chi connectivity index (χ4v) is 2.14. The van der Waals surface area contributed by atoms with Gasteiger partial charge in [-0.1, -0.05) is 58.4 Å². The Kier molecular flexibility index (Phi) is 4.93. The van der Waals surface area contributed by atoms with E-state index in [0.717, 1.165) is 4.47 Å². The second kappa shape index (κ2) is 6.90. The van der Waals surface area contributed by atoms with Crippen molar-refractivity contribution in [2.75, 3.05) is 0 Å². The van der Waals surface area contributed by atoms with Crippen LogP contribution in [0.25, 0.3) is 0 Å². The molecule has 2 aromatic carbocycles. The van der Waals surface area contributed by atoms with Gasteiger partial charge < -0.3 is 5.32 Å². The Morgan fingerprint density at radius 3 is 2.47 bits per heavy atom. The fourth-order valence-electron chi connectivity index (χ4n) is 1.66. The van der Waals surface area contributed by atoms with E-state index in [9.17, 15) is 4.79 Å². The van der Waals surface area contributed by atoms with Crippen LogP contribution in [0.4, 0.5) is 0 Å². The highest BCUT2D eigenvalue weighted by atomic mass is 79.9. The molecule has 0 aliphatic heterocycles. The molecule has 2 rings (SSSR count). The van der Waals surface area contributed by atoms with Gasteiger partial charge in [0.05, 0.1) is 0 Å². The van der Waals surface area contributed by atoms with E-state index in [0.29, 0.717) is 12.1 Å². The van der Waals surface area contributed by atoms with Gasteiger partial charge in [0, 0.05) is 28.9 Å². The van der Waals surface area contributed by atoms with Gasteiger partial charge in [0.15, 0.2) is 5.78 Å². The third-order valence-corrected chi connectivity index (χ3v) is 3.33. The summed E-state index contributed by atoms with van der Waals surface area (Å²) < 4.78 is 0.813. The van der Waals surface area contributed by atoms with Crippen molar-refractivity contribution in [2.24, 2.45) is 0 Å². The third-order valence-electron chi connectivity index (χ3n) is 2.64. The van der Waals surface area contributed by atoms with Crippen molar-refractivity contribution in [1.29, 1.82) is 0 Å². The summed E-state index contributed by atoms with van der Waals surface area (Å²) in [5, 5.41) is 3.11. The van der Waals surface area contributed by atoms with Crippen molar-refractivity contribution in [3.63, 3.8) is 0 Å². The van der Waals surface area contributed by atoms with E-state index in [2.05, 4.69) is 21.2 Å². The first-order valence-electron chi connectivity index (χ1n) is 6.00. The molecule has 0 aromatic heterocycles. The molecule has 3 heteroatoms. The van der Waals surface area contributed by atoms with Crippen LogP contribution >= 0.6 is 15.9 Å². The molecule has 2 nitrogen and oxygen atoms in total. The smallest absolute Gasteiger partial charge is 0.188 e. The maximum absolute atomic E-state index is 11.9. The van der Waals surface area contributed by atoms with E-state index in [1.807, 2.05) is 48.5 Å². The first kappa shape index (κ1) is 13.6. The SMILES string of the molecule is O=C(C=CNCc1ccccc1)c1ccccc1Br. The summed E-state index contributed by atoms with van der Waals surface area (Å²) in [6.45, 7) is 0.709. The van der Waals surface area contributed by atoms with Gasteiger partial charge in [-0.05, 0) is 17.7 Å². The van der Waals surface area contributed by atoms with Crippen molar-refractivity contribution in [1.82, 2.24) is 5.32 Å². The number of nitrogens with one attached hydrogen (secondary N) is 1. The predicted molar refractivity (Wildman–Crippen MR) is 80.9 cm³/mol. The Bertz CT molecular complexity index is 578. The highest BCUT2D eigenvalue weighted by molar-refractivity contribution is 9.10. The van der Waals surface area contributed by atoms with Crippen LogP contribution in [0, 0.1) is 0 Å². The lowest BCUT2D eigenvalue weighted by molar-refractivity contribution is 0.104. The Morgan fingerprint density at radius 1 is 1.05 bits per heavy atom. The second-order valence-electron chi connectivity index (χ2n) is 4.04. The topological polar surface area (TPSA) is 29.1 Å². The Morgan fingerprint density at radius 2 is 1.74 bits per heavy atom. The van der Waals surface area contributed by atoms with Crippen LogP contribution in [0.3, 0.4) is 0 Å².